The van der Waals surface area contributed by atoms with Gasteiger partial charge in [0.05, 0.1) is 0 Å². The summed E-state index contributed by atoms with van der Waals surface area (Å²) in [6.07, 6.45) is 7.71. The zero-order valence-electron chi connectivity index (χ0n) is 16.0. The Kier molecular flexibility index (Phi) is 16.5. The van der Waals surface area contributed by atoms with E-state index in [1.54, 1.807) is 35.5 Å². The molecule has 0 atom stereocenters. The molecule has 0 amide bonds. The van der Waals surface area contributed by atoms with Gasteiger partial charge in [-0.25, -0.2) is 0 Å². The molecule has 136 valence electrons. The monoisotopic (exact) mass is 354 g/mol. The lowest BCUT2D eigenvalue weighted by Gasteiger charge is -2.24. The van der Waals surface area contributed by atoms with Crippen molar-refractivity contribution >= 4 is 17.4 Å². The SMILES string of the molecule is CCCCCCCC[Si](OC)(OC)OC.CO[Si](C)(C)OC. The van der Waals surface area contributed by atoms with E-state index >= 15 is 0 Å². The third-order valence-corrected chi connectivity index (χ3v) is 8.55. The molecule has 0 aromatic heterocycles. The van der Waals surface area contributed by atoms with Crippen LogP contribution in [-0.2, 0) is 22.1 Å². The van der Waals surface area contributed by atoms with Crippen molar-refractivity contribution in [2.45, 2.75) is 64.6 Å². The predicted molar refractivity (Wildman–Crippen MR) is 96.5 cm³/mol. The van der Waals surface area contributed by atoms with Gasteiger partial charge in [-0.05, 0) is 19.5 Å². The van der Waals surface area contributed by atoms with Crippen LogP contribution in [0.5, 0.6) is 0 Å². The molecule has 0 fully saturated rings. The van der Waals surface area contributed by atoms with Crippen molar-refractivity contribution in [3.63, 3.8) is 0 Å². The van der Waals surface area contributed by atoms with Crippen LogP contribution in [0.4, 0.5) is 0 Å². The van der Waals surface area contributed by atoms with Gasteiger partial charge < -0.3 is 22.1 Å². The molecule has 0 aliphatic rings. The first kappa shape index (κ1) is 24.5. The van der Waals surface area contributed by atoms with Gasteiger partial charge in [0.15, 0.2) is 0 Å². The molecule has 7 heteroatoms. The highest BCUT2D eigenvalue weighted by molar-refractivity contribution is 6.64. The Labute approximate surface area is 140 Å². The maximum absolute atomic E-state index is 5.36. The normalized spacial score (nSPS) is 12.0. The average molecular weight is 355 g/mol. The molecule has 0 aliphatic heterocycles. The first-order chi connectivity index (χ1) is 10.4. The molecule has 5 nitrogen and oxygen atoms in total. The zero-order valence-corrected chi connectivity index (χ0v) is 18.0. The Morgan fingerprint density at radius 3 is 1.32 bits per heavy atom. The largest absolute Gasteiger partial charge is 0.500 e. The molecule has 0 heterocycles. The first-order valence-corrected chi connectivity index (χ1v) is 12.9. The van der Waals surface area contributed by atoms with E-state index in [4.69, 9.17) is 22.1 Å². The number of hydrogen-bond donors (Lipinski definition) is 0. The summed E-state index contributed by atoms with van der Waals surface area (Å²) in [6.45, 7) is 6.22. The van der Waals surface area contributed by atoms with Crippen LogP contribution in [0, 0.1) is 0 Å². The number of hydrogen-bond acceptors (Lipinski definition) is 5. The second kappa shape index (κ2) is 14.8. The molecule has 0 aliphatic carbocycles. The smallest absolute Gasteiger partial charge is 0.398 e. The van der Waals surface area contributed by atoms with E-state index in [1.165, 1.54) is 32.1 Å². The van der Waals surface area contributed by atoms with Crippen molar-refractivity contribution in [3.05, 3.63) is 0 Å². The minimum Gasteiger partial charge on any atom is -0.398 e. The summed E-state index contributed by atoms with van der Waals surface area (Å²) in [4.78, 5) is 0. The second-order valence-electron chi connectivity index (χ2n) is 5.62. The summed E-state index contributed by atoms with van der Waals surface area (Å²) >= 11 is 0. The lowest BCUT2D eigenvalue weighted by Crippen LogP contribution is -2.42. The van der Waals surface area contributed by atoms with E-state index in [1.807, 2.05) is 13.1 Å². The van der Waals surface area contributed by atoms with Gasteiger partial charge in [-0.15, -0.1) is 0 Å². The lowest BCUT2D eigenvalue weighted by atomic mass is 10.1. The highest BCUT2D eigenvalue weighted by Crippen LogP contribution is 2.18. The lowest BCUT2D eigenvalue weighted by molar-refractivity contribution is 0.122. The number of rotatable bonds is 12. The summed E-state index contributed by atoms with van der Waals surface area (Å²) in [7, 11) is 4.45. The minimum absolute atomic E-state index is 0.933. The third-order valence-electron chi connectivity index (χ3n) is 3.75. The molecule has 0 unspecified atom stereocenters. The van der Waals surface area contributed by atoms with Crippen LogP contribution in [0.2, 0.25) is 19.1 Å². The van der Waals surface area contributed by atoms with E-state index in [0.29, 0.717) is 0 Å². The molecule has 0 saturated heterocycles. The third kappa shape index (κ3) is 12.7. The van der Waals surface area contributed by atoms with E-state index < -0.39 is 17.4 Å². The molecule has 0 aromatic carbocycles. The van der Waals surface area contributed by atoms with E-state index in [-0.39, 0.29) is 0 Å². The van der Waals surface area contributed by atoms with Crippen LogP contribution in [0.1, 0.15) is 45.4 Å². The van der Waals surface area contributed by atoms with Crippen molar-refractivity contribution < 1.29 is 22.1 Å². The molecule has 22 heavy (non-hydrogen) atoms. The van der Waals surface area contributed by atoms with Crippen LogP contribution < -0.4 is 0 Å². The van der Waals surface area contributed by atoms with Crippen molar-refractivity contribution in [3.8, 4) is 0 Å². The highest BCUT2D eigenvalue weighted by atomic mass is 28.4. The molecular weight excluding hydrogens is 316 g/mol. The average Bonchev–Trinajstić information content (AvgIpc) is 2.55. The van der Waals surface area contributed by atoms with Crippen molar-refractivity contribution in [1.29, 1.82) is 0 Å². The minimum atomic E-state index is -2.29. The molecule has 0 N–H and O–H groups in total. The summed E-state index contributed by atoms with van der Waals surface area (Å²) < 4.78 is 26.1. The number of unbranched alkanes of at least 4 members (excludes halogenated alkanes) is 5. The van der Waals surface area contributed by atoms with E-state index in [0.717, 1.165) is 12.5 Å². The van der Waals surface area contributed by atoms with Crippen LogP contribution in [-0.4, -0.2) is 52.9 Å². The van der Waals surface area contributed by atoms with Gasteiger partial charge >= 0.3 is 17.4 Å². The Bertz CT molecular complexity index is 222. The van der Waals surface area contributed by atoms with Crippen LogP contribution in [0.25, 0.3) is 0 Å². The molecule has 0 rings (SSSR count). The topological polar surface area (TPSA) is 46.2 Å². The molecule has 0 radical (unpaired) electrons. The van der Waals surface area contributed by atoms with Gasteiger partial charge in [0.1, 0.15) is 0 Å². The molecule has 0 spiro atoms. The zero-order chi connectivity index (χ0) is 17.5. The summed E-state index contributed by atoms with van der Waals surface area (Å²) in [5.41, 5.74) is 0. The summed E-state index contributed by atoms with van der Waals surface area (Å²) in [6, 6.07) is 0.933. The van der Waals surface area contributed by atoms with Crippen molar-refractivity contribution in [2.24, 2.45) is 0 Å². The van der Waals surface area contributed by atoms with Gasteiger partial charge in [-0.1, -0.05) is 39.0 Å². The second-order valence-corrected chi connectivity index (χ2v) is 12.3. The van der Waals surface area contributed by atoms with Gasteiger partial charge in [-0.3, -0.25) is 0 Å². The molecule has 0 aromatic rings. The van der Waals surface area contributed by atoms with E-state index in [2.05, 4.69) is 6.92 Å². The van der Waals surface area contributed by atoms with Crippen molar-refractivity contribution in [1.82, 2.24) is 0 Å². The van der Waals surface area contributed by atoms with Gasteiger partial charge in [-0.2, -0.15) is 0 Å². The fourth-order valence-electron chi connectivity index (χ4n) is 1.76. The Balaban J connectivity index is 0. The summed E-state index contributed by atoms with van der Waals surface area (Å²) in [5.74, 6) is 0. The van der Waals surface area contributed by atoms with Crippen LogP contribution in [0.3, 0.4) is 0 Å². The Morgan fingerprint density at radius 1 is 0.591 bits per heavy atom. The fourth-order valence-corrected chi connectivity index (χ4v) is 3.72. The maximum Gasteiger partial charge on any atom is 0.500 e. The standard InChI is InChI=1S/C11H26O3Si.C4H12O2Si/c1-5-6-7-8-9-10-11-15(12-2,13-3)14-4;1-5-7(3,4)6-2/h5-11H2,1-4H3;1-4H3. The summed E-state index contributed by atoms with van der Waals surface area (Å²) in [5, 5.41) is 0. The quantitative estimate of drug-likeness (QED) is 0.388. The van der Waals surface area contributed by atoms with Gasteiger partial charge in [0.25, 0.3) is 0 Å². The highest BCUT2D eigenvalue weighted by Gasteiger charge is 2.36. The van der Waals surface area contributed by atoms with Crippen molar-refractivity contribution in [2.75, 3.05) is 35.5 Å². The molecular formula is C15H38O5Si2. The molecule has 0 saturated carbocycles. The van der Waals surface area contributed by atoms with Gasteiger partial charge in [0.2, 0.25) is 0 Å². The van der Waals surface area contributed by atoms with Crippen LogP contribution >= 0.6 is 0 Å². The maximum atomic E-state index is 5.36. The van der Waals surface area contributed by atoms with Gasteiger partial charge in [0, 0.05) is 41.6 Å². The van der Waals surface area contributed by atoms with Crippen LogP contribution in [0.15, 0.2) is 0 Å². The fraction of sp³-hybridized carbons (Fsp3) is 1.00. The predicted octanol–water partition coefficient (Wildman–Crippen LogP) is 4.21. The van der Waals surface area contributed by atoms with E-state index in [9.17, 15) is 0 Å². The Hall–Kier alpha value is 0.234. The molecule has 0 bridgehead atoms. The Morgan fingerprint density at radius 2 is 1.00 bits per heavy atom. The first-order valence-electron chi connectivity index (χ1n) is 8.12.